The van der Waals surface area contributed by atoms with Crippen molar-refractivity contribution in [1.29, 1.82) is 0 Å². The highest BCUT2D eigenvalue weighted by Crippen LogP contribution is 2.31. The molecule has 0 spiro atoms. The Labute approximate surface area is 182 Å². The number of rotatable bonds is 5. The Kier molecular flexibility index (Phi) is 6.64. The number of carboxylic acid groups (broad SMARTS) is 1. The maximum atomic E-state index is 13.0. The first-order valence-corrected chi connectivity index (χ1v) is 9.94. The van der Waals surface area contributed by atoms with Gasteiger partial charge in [-0.2, -0.15) is 0 Å². The summed E-state index contributed by atoms with van der Waals surface area (Å²) in [6.07, 6.45) is 2.69. The van der Waals surface area contributed by atoms with Crippen molar-refractivity contribution in [2.45, 2.75) is 19.9 Å². The van der Waals surface area contributed by atoms with Crippen molar-refractivity contribution in [3.8, 4) is 11.3 Å². The lowest BCUT2D eigenvalue weighted by Crippen LogP contribution is -2.50. The zero-order chi connectivity index (χ0) is 23.4. The second-order valence-corrected chi connectivity index (χ2v) is 7.21. The molecule has 0 amide bonds. The fraction of sp³-hybridized carbons (Fsp3) is 0.227. The number of benzene rings is 2. The van der Waals surface area contributed by atoms with Crippen LogP contribution in [0, 0.1) is 10.1 Å². The number of carboxylic acids is 1. The van der Waals surface area contributed by atoms with Gasteiger partial charge in [-0.05, 0) is 25.1 Å². The number of nitrogens with zero attached hydrogens (tertiary/aromatic N) is 4. The van der Waals surface area contributed by atoms with E-state index >= 15 is 0 Å². The Hall–Kier alpha value is -4.05. The van der Waals surface area contributed by atoms with Crippen molar-refractivity contribution in [2.75, 3.05) is 6.54 Å². The predicted octanol–water partition coefficient (Wildman–Crippen LogP) is 0.852. The minimum Gasteiger partial charge on any atom is -0.550 e. The average Bonchev–Trinajstić information content (AvgIpc) is 3.12. The van der Waals surface area contributed by atoms with Crippen molar-refractivity contribution >= 4 is 33.6 Å². The molecule has 0 saturated carbocycles. The van der Waals surface area contributed by atoms with E-state index in [9.17, 15) is 14.9 Å². The van der Waals surface area contributed by atoms with Gasteiger partial charge < -0.3 is 24.8 Å². The van der Waals surface area contributed by atoms with Gasteiger partial charge >= 0.3 is 0 Å². The first-order chi connectivity index (χ1) is 15.2. The van der Waals surface area contributed by atoms with E-state index in [4.69, 9.17) is 9.90 Å². The zero-order valence-electron chi connectivity index (χ0n) is 17.8. The first kappa shape index (κ1) is 22.6. The maximum absolute atomic E-state index is 13.0. The summed E-state index contributed by atoms with van der Waals surface area (Å²) >= 11 is 0. The number of aliphatic carboxylic acids is 1. The molecule has 0 aliphatic rings. The molecule has 166 valence electrons. The summed E-state index contributed by atoms with van der Waals surface area (Å²) in [5, 5.41) is 20.9. The van der Waals surface area contributed by atoms with E-state index in [2.05, 4.69) is 10.7 Å². The van der Waals surface area contributed by atoms with Crippen LogP contribution in [-0.4, -0.2) is 31.6 Å². The molecule has 0 radical (unpaired) electrons. The molecule has 0 atom stereocenters. The Morgan fingerprint density at radius 2 is 1.88 bits per heavy atom. The largest absolute Gasteiger partial charge is 0.550 e. The van der Waals surface area contributed by atoms with Gasteiger partial charge in [0, 0.05) is 55.3 Å². The van der Waals surface area contributed by atoms with Gasteiger partial charge in [-0.25, -0.2) is 4.98 Å². The van der Waals surface area contributed by atoms with Crippen LogP contribution in [0.25, 0.3) is 33.2 Å². The number of quaternary nitrogens is 1. The van der Waals surface area contributed by atoms with E-state index in [-0.39, 0.29) is 11.2 Å². The molecule has 2 heterocycles. The number of hydrogen-bond donors (Lipinski definition) is 1. The highest BCUT2D eigenvalue weighted by Gasteiger charge is 2.19. The molecule has 2 aromatic heterocycles. The number of nitro groups is 1. The quantitative estimate of drug-likeness (QED) is 0.361. The molecule has 0 bridgehead atoms. The number of carbonyl (C=O) groups is 1. The summed E-state index contributed by atoms with van der Waals surface area (Å²) in [7, 11) is 1.72. The van der Waals surface area contributed by atoms with Gasteiger partial charge in [0.15, 0.2) is 0 Å². The smallest absolute Gasteiger partial charge is 0.277 e. The molecule has 10 nitrogen and oxygen atoms in total. The fourth-order valence-corrected chi connectivity index (χ4v) is 3.50. The van der Waals surface area contributed by atoms with Crippen LogP contribution in [0.4, 0.5) is 5.69 Å². The number of nitro benzene ring substituents is 1. The van der Waals surface area contributed by atoms with E-state index in [1.165, 1.54) is 6.07 Å². The van der Waals surface area contributed by atoms with Gasteiger partial charge in [0.25, 0.3) is 11.2 Å². The predicted molar refractivity (Wildman–Crippen MR) is 118 cm³/mol. The summed E-state index contributed by atoms with van der Waals surface area (Å²) in [5.41, 5.74) is 6.90. The van der Waals surface area contributed by atoms with Gasteiger partial charge in [-0.15, -0.1) is 0 Å². The summed E-state index contributed by atoms with van der Waals surface area (Å²) in [6, 6.07) is 12.2. The van der Waals surface area contributed by atoms with Gasteiger partial charge in [0.05, 0.1) is 28.0 Å². The van der Waals surface area contributed by atoms with Crippen molar-refractivity contribution in [3.05, 3.63) is 69.1 Å². The maximum Gasteiger partial charge on any atom is 0.277 e. The zero-order valence-corrected chi connectivity index (χ0v) is 17.8. The molecule has 32 heavy (non-hydrogen) atoms. The van der Waals surface area contributed by atoms with Crippen LogP contribution < -0.4 is 16.4 Å². The van der Waals surface area contributed by atoms with E-state index in [0.717, 1.165) is 41.8 Å². The number of para-hydroxylation sites is 2. The summed E-state index contributed by atoms with van der Waals surface area (Å²) < 4.78 is 3.53. The lowest BCUT2D eigenvalue weighted by molar-refractivity contribution is -0.384. The van der Waals surface area contributed by atoms with Crippen LogP contribution in [0.3, 0.4) is 0 Å². The average molecular weight is 437 g/mol. The van der Waals surface area contributed by atoms with Crippen LogP contribution in [0.5, 0.6) is 0 Å². The van der Waals surface area contributed by atoms with Crippen LogP contribution >= 0.6 is 0 Å². The van der Waals surface area contributed by atoms with Crippen LogP contribution in [0.1, 0.15) is 13.3 Å². The molecule has 0 unspecified atom stereocenters. The van der Waals surface area contributed by atoms with Crippen LogP contribution in [-0.2, 0) is 18.4 Å². The molecule has 4 rings (SSSR count). The lowest BCUT2D eigenvalue weighted by Gasteiger charge is -2.07. The number of non-ortho nitro benzene ring substituents is 1. The van der Waals surface area contributed by atoms with Gasteiger partial charge in [-0.3, -0.25) is 14.9 Å². The van der Waals surface area contributed by atoms with Gasteiger partial charge in [-0.1, -0.05) is 12.1 Å². The first-order valence-electron chi connectivity index (χ1n) is 9.94. The standard InChI is InChI=1S/C20H19N5O3.C2H4O2/c1-23-17-6-3-2-5-16(17)22-19(20(23)26)15-12-24(10-4-9-21)18-11-13(25(27)28)7-8-14(15)18;1-2(3)4/h2-3,5-8,11-12H,4,9-10,21H2,1H3;1H3,(H,3,4). The molecule has 4 aromatic rings. The Bertz CT molecular complexity index is 1370. The van der Waals surface area contributed by atoms with E-state index in [1.54, 1.807) is 23.7 Å². The molecule has 10 heteroatoms. The highest BCUT2D eigenvalue weighted by atomic mass is 16.6. The molecule has 0 aliphatic heterocycles. The second-order valence-electron chi connectivity index (χ2n) is 7.21. The summed E-state index contributed by atoms with van der Waals surface area (Å²) in [5.74, 6) is -1.08. The topological polar surface area (TPSA) is 151 Å². The minimum absolute atomic E-state index is 0.0207. The molecule has 0 fully saturated rings. The number of aryl methyl sites for hydroxylation is 2. The van der Waals surface area contributed by atoms with Crippen molar-refractivity contribution in [2.24, 2.45) is 7.05 Å². The summed E-state index contributed by atoms with van der Waals surface area (Å²) in [6.45, 7) is 2.38. The molecular formula is C22H23N5O5. The molecular weight excluding hydrogens is 414 g/mol. The van der Waals surface area contributed by atoms with Crippen LogP contribution in [0.2, 0.25) is 0 Å². The molecule has 2 aromatic carbocycles. The SMILES string of the molecule is CC(=O)[O-].Cn1c(=O)c(-c2cn(CCC[NH3+])c3cc([N+](=O)[O-])ccc23)nc2ccccc21. The summed E-state index contributed by atoms with van der Waals surface area (Å²) in [4.78, 5) is 37.3. The Balaban J connectivity index is 0.000000668. The molecule has 0 aliphatic carbocycles. The third kappa shape index (κ3) is 4.49. The number of carbonyl (C=O) groups excluding carboxylic acids is 1. The molecule has 0 saturated heterocycles. The van der Waals surface area contributed by atoms with E-state index < -0.39 is 10.9 Å². The van der Waals surface area contributed by atoms with Crippen LogP contribution in [0.15, 0.2) is 53.5 Å². The van der Waals surface area contributed by atoms with Crippen molar-refractivity contribution < 1.29 is 20.6 Å². The monoisotopic (exact) mass is 437 g/mol. The van der Waals surface area contributed by atoms with Crippen molar-refractivity contribution in [1.82, 2.24) is 14.1 Å². The van der Waals surface area contributed by atoms with Crippen molar-refractivity contribution in [3.63, 3.8) is 0 Å². The number of aromatic nitrogens is 3. The molecule has 3 N–H and O–H groups in total. The van der Waals surface area contributed by atoms with Gasteiger partial charge in [0.2, 0.25) is 0 Å². The van der Waals surface area contributed by atoms with E-state index in [1.807, 2.05) is 35.0 Å². The minimum atomic E-state index is -1.08. The third-order valence-corrected chi connectivity index (χ3v) is 4.96. The fourth-order valence-electron chi connectivity index (χ4n) is 3.50. The second kappa shape index (κ2) is 9.40. The van der Waals surface area contributed by atoms with Gasteiger partial charge in [0.1, 0.15) is 5.69 Å². The number of hydrogen-bond acceptors (Lipinski definition) is 6. The Morgan fingerprint density at radius 3 is 2.53 bits per heavy atom. The third-order valence-electron chi connectivity index (χ3n) is 4.96. The van der Waals surface area contributed by atoms with E-state index in [0.29, 0.717) is 17.8 Å². The lowest BCUT2D eigenvalue weighted by atomic mass is 10.1. The Morgan fingerprint density at radius 1 is 1.19 bits per heavy atom. The number of fused-ring (bicyclic) bond motifs is 2. The normalized spacial score (nSPS) is 10.7. The highest BCUT2D eigenvalue weighted by molar-refractivity contribution is 5.97.